The maximum absolute atomic E-state index is 3.70. The molecule has 0 aromatic rings. The van der Waals surface area contributed by atoms with E-state index in [1.54, 1.807) is 0 Å². The summed E-state index contributed by atoms with van der Waals surface area (Å²) in [4.78, 5) is 5.15. The Balaban J connectivity index is 2.16. The minimum atomic E-state index is 0.786. The molecule has 0 amide bonds. The van der Waals surface area contributed by atoms with Gasteiger partial charge < -0.3 is 10.2 Å². The minimum Gasteiger partial charge on any atom is -0.312 e. The molecule has 0 aliphatic carbocycles. The van der Waals surface area contributed by atoms with Gasteiger partial charge in [0, 0.05) is 32.2 Å². The zero-order valence-electron chi connectivity index (χ0n) is 10.9. The standard InChI is InChI=1S/C13H27N3/c1-4-8-14-9-11-15-10-7-13(12-15)16(5-2)6-3/h4,13-14H,1,5-12H2,2-3H3. The highest BCUT2D eigenvalue weighted by Crippen LogP contribution is 2.14. The van der Waals surface area contributed by atoms with Crippen molar-refractivity contribution in [1.29, 1.82) is 0 Å². The summed E-state index contributed by atoms with van der Waals surface area (Å²) in [6.07, 6.45) is 3.26. The fraction of sp³-hybridized carbons (Fsp3) is 0.846. The molecule has 1 N–H and O–H groups in total. The van der Waals surface area contributed by atoms with Crippen LogP contribution < -0.4 is 5.32 Å². The Morgan fingerprint density at radius 1 is 1.44 bits per heavy atom. The van der Waals surface area contributed by atoms with Crippen molar-refractivity contribution in [3.05, 3.63) is 12.7 Å². The van der Waals surface area contributed by atoms with Crippen LogP contribution in [0.2, 0.25) is 0 Å². The molecule has 0 saturated carbocycles. The number of hydrogen-bond donors (Lipinski definition) is 1. The summed E-state index contributed by atoms with van der Waals surface area (Å²) in [5.41, 5.74) is 0. The largest absolute Gasteiger partial charge is 0.312 e. The van der Waals surface area contributed by atoms with E-state index in [9.17, 15) is 0 Å². The first-order valence-corrected chi connectivity index (χ1v) is 6.59. The van der Waals surface area contributed by atoms with E-state index in [2.05, 4.69) is 35.5 Å². The van der Waals surface area contributed by atoms with Crippen molar-refractivity contribution in [3.63, 3.8) is 0 Å². The van der Waals surface area contributed by atoms with Crippen LogP contribution in [0.3, 0.4) is 0 Å². The van der Waals surface area contributed by atoms with Crippen LogP contribution in [0.5, 0.6) is 0 Å². The Hall–Kier alpha value is -0.380. The quantitative estimate of drug-likeness (QED) is 0.494. The first-order valence-electron chi connectivity index (χ1n) is 6.59. The lowest BCUT2D eigenvalue weighted by atomic mass is 10.2. The lowest BCUT2D eigenvalue weighted by Gasteiger charge is -2.26. The SMILES string of the molecule is C=CCNCCN1CCC(N(CC)CC)C1. The number of likely N-dealkylation sites (tertiary alicyclic amines) is 1. The van der Waals surface area contributed by atoms with Gasteiger partial charge in [0.05, 0.1) is 0 Å². The molecule has 1 heterocycles. The third kappa shape index (κ3) is 4.24. The third-order valence-electron chi connectivity index (χ3n) is 3.47. The second-order valence-electron chi connectivity index (χ2n) is 4.46. The van der Waals surface area contributed by atoms with Gasteiger partial charge in [0.25, 0.3) is 0 Å². The molecule has 1 rings (SSSR count). The Morgan fingerprint density at radius 2 is 2.19 bits per heavy atom. The highest BCUT2D eigenvalue weighted by atomic mass is 15.3. The highest BCUT2D eigenvalue weighted by molar-refractivity contribution is 4.83. The molecule has 1 saturated heterocycles. The van der Waals surface area contributed by atoms with Crippen molar-refractivity contribution >= 4 is 0 Å². The van der Waals surface area contributed by atoms with Crippen LogP contribution in [0, 0.1) is 0 Å². The Labute approximate surface area is 100 Å². The normalized spacial score (nSPS) is 21.8. The van der Waals surface area contributed by atoms with E-state index in [0.29, 0.717) is 0 Å². The van der Waals surface area contributed by atoms with Gasteiger partial charge in [-0.1, -0.05) is 19.9 Å². The van der Waals surface area contributed by atoms with Gasteiger partial charge in [-0.3, -0.25) is 4.90 Å². The van der Waals surface area contributed by atoms with Crippen molar-refractivity contribution in [2.75, 3.05) is 45.8 Å². The van der Waals surface area contributed by atoms with E-state index in [-0.39, 0.29) is 0 Å². The fourth-order valence-corrected chi connectivity index (χ4v) is 2.49. The maximum Gasteiger partial charge on any atom is 0.0235 e. The number of hydrogen-bond acceptors (Lipinski definition) is 3. The van der Waals surface area contributed by atoms with Gasteiger partial charge in [-0.05, 0) is 26.1 Å². The summed E-state index contributed by atoms with van der Waals surface area (Å²) in [7, 11) is 0. The average molecular weight is 225 g/mol. The summed E-state index contributed by atoms with van der Waals surface area (Å²) in [6, 6.07) is 0.786. The van der Waals surface area contributed by atoms with Gasteiger partial charge in [-0.15, -0.1) is 6.58 Å². The third-order valence-corrected chi connectivity index (χ3v) is 3.47. The van der Waals surface area contributed by atoms with Gasteiger partial charge in [-0.25, -0.2) is 0 Å². The molecular weight excluding hydrogens is 198 g/mol. The fourth-order valence-electron chi connectivity index (χ4n) is 2.49. The summed E-state index contributed by atoms with van der Waals surface area (Å²) in [5.74, 6) is 0. The molecule has 1 unspecified atom stereocenters. The van der Waals surface area contributed by atoms with Gasteiger partial charge in [0.15, 0.2) is 0 Å². The second-order valence-corrected chi connectivity index (χ2v) is 4.46. The van der Waals surface area contributed by atoms with Crippen LogP contribution in [0.1, 0.15) is 20.3 Å². The van der Waals surface area contributed by atoms with Crippen LogP contribution in [0.15, 0.2) is 12.7 Å². The van der Waals surface area contributed by atoms with Crippen LogP contribution in [-0.2, 0) is 0 Å². The second kappa shape index (κ2) is 7.82. The van der Waals surface area contributed by atoms with Crippen LogP contribution in [0.4, 0.5) is 0 Å². The average Bonchev–Trinajstić information content (AvgIpc) is 2.75. The molecule has 0 spiro atoms. The van der Waals surface area contributed by atoms with E-state index in [4.69, 9.17) is 0 Å². The zero-order valence-corrected chi connectivity index (χ0v) is 10.9. The molecule has 0 radical (unpaired) electrons. The molecule has 0 bridgehead atoms. The molecule has 1 atom stereocenters. The monoisotopic (exact) mass is 225 g/mol. The van der Waals surface area contributed by atoms with Crippen LogP contribution >= 0.6 is 0 Å². The molecule has 3 nitrogen and oxygen atoms in total. The Bertz CT molecular complexity index is 190. The number of nitrogens with one attached hydrogen (secondary N) is 1. The number of rotatable bonds is 8. The predicted molar refractivity (Wildman–Crippen MR) is 70.8 cm³/mol. The molecular formula is C13H27N3. The first kappa shape index (κ1) is 13.7. The minimum absolute atomic E-state index is 0.786. The molecule has 1 aliphatic rings. The van der Waals surface area contributed by atoms with Gasteiger partial charge in [-0.2, -0.15) is 0 Å². The highest BCUT2D eigenvalue weighted by Gasteiger charge is 2.25. The first-order chi connectivity index (χ1) is 7.81. The molecule has 94 valence electrons. The zero-order chi connectivity index (χ0) is 11.8. The molecule has 16 heavy (non-hydrogen) atoms. The molecule has 0 aromatic heterocycles. The molecule has 1 aliphatic heterocycles. The van der Waals surface area contributed by atoms with Crippen LogP contribution in [0.25, 0.3) is 0 Å². The van der Waals surface area contributed by atoms with E-state index >= 15 is 0 Å². The van der Waals surface area contributed by atoms with Crippen LogP contribution in [-0.4, -0.2) is 61.7 Å². The van der Waals surface area contributed by atoms with E-state index in [1.165, 1.54) is 39.1 Å². The topological polar surface area (TPSA) is 18.5 Å². The van der Waals surface area contributed by atoms with E-state index in [0.717, 1.165) is 19.1 Å². The lowest BCUT2D eigenvalue weighted by molar-refractivity contribution is 0.211. The summed E-state index contributed by atoms with van der Waals surface area (Å²) < 4.78 is 0. The summed E-state index contributed by atoms with van der Waals surface area (Å²) in [6.45, 7) is 16.3. The van der Waals surface area contributed by atoms with Gasteiger partial charge in [0.1, 0.15) is 0 Å². The number of likely N-dealkylation sites (N-methyl/N-ethyl adjacent to an activating group) is 1. The van der Waals surface area contributed by atoms with Gasteiger partial charge in [0.2, 0.25) is 0 Å². The molecule has 3 heteroatoms. The number of nitrogens with zero attached hydrogens (tertiary/aromatic N) is 2. The van der Waals surface area contributed by atoms with Crippen molar-refractivity contribution in [3.8, 4) is 0 Å². The van der Waals surface area contributed by atoms with Crippen molar-refractivity contribution < 1.29 is 0 Å². The van der Waals surface area contributed by atoms with Crippen molar-refractivity contribution in [1.82, 2.24) is 15.1 Å². The summed E-state index contributed by atoms with van der Waals surface area (Å²) >= 11 is 0. The van der Waals surface area contributed by atoms with E-state index < -0.39 is 0 Å². The van der Waals surface area contributed by atoms with Gasteiger partial charge >= 0.3 is 0 Å². The van der Waals surface area contributed by atoms with Crippen molar-refractivity contribution in [2.24, 2.45) is 0 Å². The Kier molecular flexibility index (Phi) is 6.69. The maximum atomic E-state index is 3.70. The lowest BCUT2D eigenvalue weighted by Crippen LogP contribution is -2.38. The Morgan fingerprint density at radius 3 is 2.81 bits per heavy atom. The smallest absolute Gasteiger partial charge is 0.0235 e. The van der Waals surface area contributed by atoms with E-state index in [1.807, 2.05) is 6.08 Å². The summed E-state index contributed by atoms with van der Waals surface area (Å²) in [5, 5.41) is 3.36. The van der Waals surface area contributed by atoms with Crippen molar-refractivity contribution in [2.45, 2.75) is 26.3 Å². The molecule has 0 aromatic carbocycles. The molecule has 1 fully saturated rings. The predicted octanol–water partition coefficient (Wildman–Crippen LogP) is 1.18.